The number of rotatable bonds is 2. The number of fused-ring (bicyclic) bond motifs is 1. The minimum Gasteiger partial charge on any atom is -0.192 e. The van der Waals surface area contributed by atoms with E-state index in [-0.39, 0.29) is 0 Å². The van der Waals surface area contributed by atoms with Crippen molar-refractivity contribution in [1.82, 2.24) is 15.0 Å². The summed E-state index contributed by atoms with van der Waals surface area (Å²) in [6.45, 7) is 0.523. The summed E-state index contributed by atoms with van der Waals surface area (Å²) in [7, 11) is 0. The summed E-state index contributed by atoms with van der Waals surface area (Å²) in [6, 6.07) is 12.8. The van der Waals surface area contributed by atoms with Gasteiger partial charge >= 0.3 is 0 Å². The van der Waals surface area contributed by atoms with Gasteiger partial charge < -0.3 is 0 Å². The number of benzene rings is 2. The lowest BCUT2D eigenvalue weighted by Gasteiger charge is -1.99. The van der Waals surface area contributed by atoms with Gasteiger partial charge in [0.1, 0.15) is 11.0 Å². The molecule has 0 aliphatic carbocycles. The third kappa shape index (κ3) is 2.46. The first-order valence-corrected chi connectivity index (χ1v) is 6.60. The van der Waals surface area contributed by atoms with E-state index in [1.807, 2.05) is 12.1 Å². The fourth-order valence-electron chi connectivity index (χ4n) is 1.88. The Labute approximate surface area is 125 Å². The molecule has 0 bridgehead atoms. The standard InChI is InChI=1S/C14H8Cl2N4/c15-11-5-13-14(6-12(11)16)19-20(18-13)8-10-3-1-9(7-17)2-4-10/h1-6H,8H2. The molecule has 4 nitrogen and oxygen atoms in total. The normalized spacial score (nSPS) is 10.7. The molecule has 0 N–H and O–H groups in total. The fraction of sp³-hybridized carbons (Fsp3) is 0.0714. The first-order valence-electron chi connectivity index (χ1n) is 5.84. The van der Waals surface area contributed by atoms with E-state index in [0.717, 1.165) is 5.56 Å². The van der Waals surface area contributed by atoms with E-state index in [1.54, 1.807) is 29.1 Å². The number of nitrogens with zero attached hydrogens (tertiary/aromatic N) is 4. The SMILES string of the molecule is N#Cc1ccc(Cn2nc3cc(Cl)c(Cl)cc3n2)cc1. The second kappa shape index (κ2) is 5.12. The van der Waals surface area contributed by atoms with Crippen LogP contribution in [0.1, 0.15) is 11.1 Å². The van der Waals surface area contributed by atoms with Gasteiger partial charge in [0.15, 0.2) is 0 Å². The second-order valence-electron chi connectivity index (χ2n) is 4.29. The Hall–Kier alpha value is -2.09. The van der Waals surface area contributed by atoms with Gasteiger partial charge in [0.25, 0.3) is 0 Å². The summed E-state index contributed by atoms with van der Waals surface area (Å²) in [4.78, 5) is 1.58. The van der Waals surface area contributed by atoms with Crippen molar-refractivity contribution in [1.29, 1.82) is 5.26 Å². The molecule has 0 aliphatic rings. The molecule has 0 unspecified atom stereocenters. The van der Waals surface area contributed by atoms with Crippen molar-refractivity contribution < 1.29 is 0 Å². The van der Waals surface area contributed by atoms with Crippen molar-refractivity contribution in [2.24, 2.45) is 0 Å². The maximum atomic E-state index is 8.76. The summed E-state index contributed by atoms with van der Waals surface area (Å²) in [5.41, 5.74) is 3.05. The topological polar surface area (TPSA) is 54.5 Å². The molecule has 6 heteroatoms. The lowest BCUT2D eigenvalue weighted by molar-refractivity contribution is 0.600. The number of hydrogen-bond acceptors (Lipinski definition) is 3. The average molecular weight is 303 g/mol. The third-order valence-electron chi connectivity index (χ3n) is 2.87. The first kappa shape index (κ1) is 12.9. The Balaban J connectivity index is 1.92. The van der Waals surface area contributed by atoms with Crippen molar-refractivity contribution in [3.8, 4) is 6.07 Å². The zero-order chi connectivity index (χ0) is 14.1. The summed E-state index contributed by atoms with van der Waals surface area (Å²) in [5.74, 6) is 0. The molecular formula is C14H8Cl2N4. The van der Waals surface area contributed by atoms with Crippen LogP contribution in [0.4, 0.5) is 0 Å². The molecule has 0 saturated heterocycles. The molecule has 98 valence electrons. The van der Waals surface area contributed by atoms with Gasteiger partial charge in [-0.15, -0.1) is 0 Å². The van der Waals surface area contributed by atoms with Gasteiger partial charge in [0.05, 0.1) is 28.2 Å². The van der Waals surface area contributed by atoms with Crippen molar-refractivity contribution in [2.45, 2.75) is 6.54 Å². The van der Waals surface area contributed by atoms with Crippen LogP contribution >= 0.6 is 23.2 Å². The lowest BCUT2D eigenvalue weighted by atomic mass is 10.1. The van der Waals surface area contributed by atoms with Gasteiger partial charge in [0.2, 0.25) is 0 Å². The van der Waals surface area contributed by atoms with E-state index in [2.05, 4.69) is 16.3 Å². The van der Waals surface area contributed by atoms with Crippen LogP contribution in [-0.4, -0.2) is 15.0 Å². The highest BCUT2D eigenvalue weighted by molar-refractivity contribution is 6.42. The summed E-state index contributed by atoms with van der Waals surface area (Å²) >= 11 is 11.9. The molecule has 3 rings (SSSR count). The third-order valence-corrected chi connectivity index (χ3v) is 3.59. The zero-order valence-corrected chi connectivity index (χ0v) is 11.7. The molecule has 2 aromatic carbocycles. The predicted molar refractivity (Wildman–Crippen MR) is 77.8 cm³/mol. The molecule has 0 aliphatic heterocycles. The maximum Gasteiger partial charge on any atom is 0.114 e. The smallest absolute Gasteiger partial charge is 0.114 e. The van der Waals surface area contributed by atoms with E-state index >= 15 is 0 Å². The van der Waals surface area contributed by atoms with Gasteiger partial charge in [-0.2, -0.15) is 20.3 Å². The average Bonchev–Trinajstić information content (AvgIpc) is 2.81. The van der Waals surface area contributed by atoms with Gasteiger partial charge in [-0.05, 0) is 29.8 Å². The minimum absolute atomic E-state index is 0.463. The molecule has 1 heterocycles. The number of aromatic nitrogens is 3. The molecule has 3 aromatic rings. The molecule has 0 radical (unpaired) electrons. The van der Waals surface area contributed by atoms with Crippen LogP contribution in [0, 0.1) is 11.3 Å². The molecule has 1 aromatic heterocycles. The number of halogens is 2. The summed E-state index contributed by atoms with van der Waals surface area (Å²) < 4.78 is 0. The van der Waals surface area contributed by atoms with E-state index in [1.165, 1.54) is 0 Å². The highest BCUT2D eigenvalue weighted by Gasteiger charge is 2.07. The van der Waals surface area contributed by atoms with Crippen LogP contribution in [0.25, 0.3) is 11.0 Å². The molecule has 0 fully saturated rings. The zero-order valence-electron chi connectivity index (χ0n) is 10.2. The van der Waals surface area contributed by atoms with Crippen LogP contribution in [-0.2, 0) is 6.54 Å². The van der Waals surface area contributed by atoms with E-state index in [0.29, 0.717) is 33.2 Å². The van der Waals surface area contributed by atoms with E-state index in [4.69, 9.17) is 28.5 Å². The molecule has 0 saturated carbocycles. The van der Waals surface area contributed by atoms with Crippen molar-refractivity contribution >= 4 is 34.2 Å². The Bertz CT molecular complexity index is 777. The van der Waals surface area contributed by atoms with Crippen LogP contribution in [0.15, 0.2) is 36.4 Å². The molecule has 0 spiro atoms. The van der Waals surface area contributed by atoms with Crippen LogP contribution < -0.4 is 0 Å². The maximum absolute atomic E-state index is 8.76. The lowest BCUT2D eigenvalue weighted by Crippen LogP contribution is -2.03. The largest absolute Gasteiger partial charge is 0.192 e. The van der Waals surface area contributed by atoms with Crippen LogP contribution in [0.5, 0.6) is 0 Å². The Morgan fingerprint density at radius 2 is 1.55 bits per heavy atom. The van der Waals surface area contributed by atoms with Gasteiger partial charge in [0, 0.05) is 0 Å². The van der Waals surface area contributed by atoms with E-state index in [9.17, 15) is 0 Å². The van der Waals surface area contributed by atoms with E-state index < -0.39 is 0 Å². The highest BCUT2D eigenvalue weighted by Crippen LogP contribution is 2.25. The van der Waals surface area contributed by atoms with Crippen molar-refractivity contribution in [2.75, 3.05) is 0 Å². The molecule has 0 atom stereocenters. The predicted octanol–water partition coefficient (Wildman–Crippen LogP) is 3.66. The highest BCUT2D eigenvalue weighted by atomic mass is 35.5. The van der Waals surface area contributed by atoms with Crippen molar-refractivity contribution in [3.63, 3.8) is 0 Å². The Morgan fingerprint density at radius 3 is 2.05 bits per heavy atom. The van der Waals surface area contributed by atoms with Crippen LogP contribution in [0.3, 0.4) is 0 Å². The van der Waals surface area contributed by atoms with Gasteiger partial charge in [-0.1, -0.05) is 35.3 Å². The molecule has 20 heavy (non-hydrogen) atoms. The van der Waals surface area contributed by atoms with Gasteiger partial charge in [-0.25, -0.2) is 0 Å². The Kier molecular flexibility index (Phi) is 3.31. The van der Waals surface area contributed by atoms with Gasteiger partial charge in [-0.3, -0.25) is 0 Å². The monoisotopic (exact) mass is 302 g/mol. The number of nitriles is 1. The molecular weight excluding hydrogens is 295 g/mol. The van der Waals surface area contributed by atoms with Crippen LogP contribution in [0.2, 0.25) is 10.0 Å². The molecule has 0 amide bonds. The minimum atomic E-state index is 0.463. The fourth-order valence-corrected chi connectivity index (χ4v) is 2.19. The Morgan fingerprint density at radius 1 is 1.00 bits per heavy atom. The number of hydrogen-bond donors (Lipinski definition) is 0. The quantitative estimate of drug-likeness (QED) is 0.726. The summed E-state index contributed by atoms with van der Waals surface area (Å²) in [6.07, 6.45) is 0. The second-order valence-corrected chi connectivity index (χ2v) is 5.11. The van der Waals surface area contributed by atoms with Crippen molar-refractivity contribution in [3.05, 3.63) is 57.6 Å². The first-order chi connectivity index (χ1) is 9.65. The summed E-state index contributed by atoms with van der Waals surface area (Å²) in [5, 5.41) is 18.4.